The highest BCUT2D eigenvalue weighted by Gasteiger charge is 2.43. The van der Waals surface area contributed by atoms with Gasteiger partial charge in [0.2, 0.25) is 0 Å². The van der Waals surface area contributed by atoms with Crippen molar-refractivity contribution in [3.8, 4) is 11.5 Å². The summed E-state index contributed by atoms with van der Waals surface area (Å²) in [6.07, 6.45) is -4.49. The van der Waals surface area contributed by atoms with Crippen LogP contribution >= 0.6 is 11.8 Å². The Balaban J connectivity index is 1.44. The van der Waals surface area contributed by atoms with Gasteiger partial charge in [0.25, 0.3) is 0 Å². The largest absolute Gasteiger partial charge is 0.586 e. The molecule has 0 spiro atoms. The predicted octanol–water partition coefficient (Wildman–Crippen LogP) is 4.72. The summed E-state index contributed by atoms with van der Waals surface area (Å²) in [6, 6.07) is 12.3. The van der Waals surface area contributed by atoms with E-state index in [0.29, 0.717) is 17.2 Å². The number of halogens is 2. The summed E-state index contributed by atoms with van der Waals surface area (Å²) in [7, 11) is 0. The number of fused-ring (bicyclic) bond motifs is 1. The molecule has 0 aliphatic carbocycles. The molecule has 0 radical (unpaired) electrons. The summed E-state index contributed by atoms with van der Waals surface area (Å²) in [6.45, 7) is 4.13. The van der Waals surface area contributed by atoms with E-state index in [0.717, 1.165) is 11.1 Å². The van der Waals surface area contributed by atoms with Crippen LogP contribution in [0.5, 0.6) is 11.5 Å². The number of benzene rings is 2. The minimum Gasteiger partial charge on any atom is -0.446 e. The lowest BCUT2D eigenvalue weighted by atomic mass is 10.1. The Morgan fingerprint density at radius 2 is 1.96 bits per heavy atom. The van der Waals surface area contributed by atoms with E-state index in [2.05, 4.69) is 14.8 Å². The minimum absolute atomic E-state index is 0.00392. The second-order valence-corrected chi connectivity index (χ2v) is 7.18. The van der Waals surface area contributed by atoms with Gasteiger partial charge in [-0.05, 0) is 43.2 Å². The van der Waals surface area contributed by atoms with E-state index in [4.69, 9.17) is 4.74 Å². The van der Waals surface area contributed by atoms with Crippen molar-refractivity contribution in [2.24, 2.45) is 0 Å². The molecular formula is C19H19F2NO4S. The first-order valence-electron chi connectivity index (χ1n) is 8.34. The molecule has 2 aromatic carbocycles. The lowest BCUT2D eigenvalue weighted by Gasteiger charge is -2.14. The Morgan fingerprint density at radius 1 is 1.22 bits per heavy atom. The van der Waals surface area contributed by atoms with Gasteiger partial charge >= 0.3 is 12.4 Å². The van der Waals surface area contributed by atoms with Crippen LogP contribution in [0, 0.1) is 6.92 Å². The molecule has 1 amide bonds. The Bertz CT molecular complexity index is 831. The van der Waals surface area contributed by atoms with Gasteiger partial charge in [-0.25, -0.2) is 4.79 Å². The number of carbonyl (C=O) groups excluding carboxylic acids is 1. The predicted molar refractivity (Wildman–Crippen MR) is 97.3 cm³/mol. The molecule has 1 aliphatic rings. The molecule has 27 heavy (non-hydrogen) atoms. The monoisotopic (exact) mass is 395 g/mol. The fourth-order valence-electron chi connectivity index (χ4n) is 2.47. The topological polar surface area (TPSA) is 56.8 Å². The molecule has 5 nitrogen and oxygen atoms in total. The first-order chi connectivity index (χ1) is 12.8. The summed E-state index contributed by atoms with van der Waals surface area (Å²) in [5, 5.41) is 2.72. The number of aryl methyl sites for hydroxylation is 1. The quantitative estimate of drug-likeness (QED) is 0.717. The third kappa shape index (κ3) is 5.26. The van der Waals surface area contributed by atoms with Crippen molar-refractivity contribution in [2.45, 2.75) is 37.7 Å². The van der Waals surface area contributed by atoms with Crippen molar-refractivity contribution >= 4 is 17.9 Å². The van der Waals surface area contributed by atoms with E-state index in [9.17, 15) is 13.6 Å². The lowest BCUT2D eigenvalue weighted by molar-refractivity contribution is -0.286. The van der Waals surface area contributed by atoms with Gasteiger partial charge in [-0.1, -0.05) is 24.3 Å². The number of carbonyl (C=O) groups is 1. The maximum absolute atomic E-state index is 13.0. The fraction of sp³-hybridized carbons (Fsp3) is 0.316. The molecule has 1 heterocycles. The zero-order chi connectivity index (χ0) is 19.4. The van der Waals surface area contributed by atoms with Crippen LogP contribution in [0.15, 0.2) is 47.4 Å². The van der Waals surface area contributed by atoms with E-state index < -0.39 is 12.4 Å². The molecule has 1 atom stereocenters. The number of ether oxygens (including phenoxy) is 3. The van der Waals surface area contributed by atoms with Gasteiger partial charge in [-0.15, -0.1) is 20.5 Å². The number of alkyl carbamates (subject to hydrolysis) is 1. The van der Waals surface area contributed by atoms with Crippen molar-refractivity contribution in [1.82, 2.24) is 5.32 Å². The van der Waals surface area contributed by atoms with E-state index in [-0.39, 0.29) is 17.6 Å². The number of alkyl halides is 2. The van der Waals surface area contributed by atoms with Gasteiger partial charge in [0.05, 0.1) is 0 Å². The molecule has 2 aromatic rings. The molecule has 1 N–H and O–H groups in total. The average molecular weight is 395 g/mol. The van der Waals surface area contributed by atoms with Crippen molar-refractivity contribution < 1.29 is 27.8 Å². The van der Waals surface area contributed by atoms with Crippen LogP contribution in [-0.4, -0.2) is 24.2 Å². The molecule has 144 valence electrons. The Labute approximate surface area is 160 Å². The molecule has 0 fully saturated rings. The van der Waals surface area contributed by atoms with Gasteiger partial charge in [-0.3, -0.25) is 0 Å². The van der Waals surface area contributed by atoms with Crippen LogP contribution < -0.4 is 14.8 Å². The van der Waals surface area contributed by atoms with Crippen molar-refractivity contribution in [3.63, 3.8) is 0 Å². The zero-order valence-corrected chi connectivity index (χ0v) is 15.6. The van der Waals surface area contributed by atoms with Crippen molar-refractivity contribution in [2.75, 3.05) is 5.75 Å². The Morgan fingerprint density at radius 3 is 2.74 bits per heavy atom. The maximum Gasteiger partial charge on any atom is 0.586 e. The second-order valence-electron chi connectivity index (χ2n) is 6.08. The Kier molecular flexibility index (Phi) is 5.74. The number of nitrogens with one attached hydrogen (secondary N) is 1. The standard InChI is InChI=1S/C19H19F2NO4S/c1-12-5-3-4-6-14(12)10-22-18(23)24-13(2)11-27-15-7-8-16-17(9-15)26-19(20,21)25-16/h3-9,13H,10-11H2,1-2H3,(H,22,23). The second kappa shape index (κ2) is 8.04. The number of hydrogen-bond acceptors (Lipinski definition) is 5. The van der Waals surface area contributed by atoms with Gasteiger partial charge in [0.1, 0.15) is 6.10 Å². The molecule has 0 bridgehead atoms. The molecule has 8 heteroatoms. The van der Waals surface area contributed by atoms with Crippen LogP contribution in [0.1, 0.15) is 18.1 Å². The summed E-state index contributed by atoms with van der Waals surface area (Å²) < 4.78 is 40.2. The SMILES string of the molecule is Cc1ccccc1CNC(=O)OC(C)CSc1ccc2c(c1)OC(F)(F)O2. The van der Waals surface area contributed by atoms with Crippen LogP contribution in [0.2, 0.25) is 0 Å². The van der Waals surface area contributed by atoms with E-state index >= 15 is 0 Å². The molecular weight excluding hydrogens is 376 g/mol. The van der Waals surface area contributed by atoms with Gasteiger partial charge < -0.3 is 19.5 Å². The molecule has 1 unspecified atom stereocenters. The van der Waals surface area contributed by atoms with Crippen molar-refractivity contribution in [3.05, 3.63) is 53.6 Å². The van der Waals surface area contributed by atoms with Gasteiger partial charge in [-0.2, -0.15) is 0 Å². The van der Waals surface area contributed by atoms with Crippen LogP contribution in [-0.2, 0) is 11.3 Å². The third-order valence-corrected chi connectivity index (χ3v) is 5.07. The van der Waals surface area contributed by atoms with E-state index in [1.165, 1.54) is 23.9 Å². The summed E-state index contributed by atoms with van der Waals surface area (Å²) >= 11 is 1.37. The zero-order valence-electron chi connectivity index (χ0n) is 14.8. The highest BCUT2D eigenvalue weighted by atomic mass is 32.2. The molecule has 1 aliphatic heterocycles. The highest BCUT2D eigenvalue weighted by molar-refractivity contribution is 7.99. The summed E-state index contributed by atoms with van der Waals surface area (Å²) in [5.41, 5.74) is 2.11. The molecule has 0 saturated heterocycles. The van der Waals surface area contributed by atoms with Crippen molar-refractivity contribution in [1.29, 1.82) is 0 Å². The average Bonchev–Trinajstić information content (AvgIpc) is 2.92. The molecule has 0 aromatic heterocycles. The molecule has 3 rings (SSSR count). The number of rotatable bonds is 6. The summed E-state index contributed by atoms with van der Waals surface area (Å²) in [5.74, 6) is 0.465. The number of thioether (sulfide) groups is 1. The minimum atomic E-state index is -3.63. The van der Waals surface area contributed by atoms with Crippen LogP contribution in [0.4, 0.5) is 13.6 Å². The summed E-state index contributed by atoms with van der Waals surface area (Å²) in [4.78, 5) is 12.6. The van der Waals surface area contributed by atoms with E-state index in [1.807, 2.05) is 31.2 Å². The Hall–Kier alpha value is -2.48. The third-order valence-electron chi connectivity index (χ3n) is 3.85. The van der Waals surface area contributed by atoms with Crippen LogP contribution in [0.3, 0.4) is 0 Å². The lowest BCUT2D eigenvalue weighted by Crippen LogP contribution is -2.28. The number of amides is 1. The smallest absolute Gasteiger partial charge is 0.446 e. The molecule has 0 saturated carbocycles. The van der Waals surface area contributed by atoms with Gasteiger partial charge in [0.15, 0.2) is 11.5 Å². The maximum atomic E-state index is 13.0. The fourth-order valence-corrected chi connectivity index (χ4v) is 3.32. The first kappa shape index (κ1) is 19.3. The normalized spacial score (nSPS) is 15.3. The first-order valence-corrected chi connectivity index (χ1v) is 9.32. The van der Waals surface area contributed by atoms with E-state index in [1.54, 1.807) is 13.0 Å². The highest BCUT2D eigenvalue weighted by Crippen LogP contribution is 2.42. The number of hydrogen-bond donors (Lipinski definition) is 1. The van der Waals surface area contributed by atoms with Crippen LogP contribution in [0.25, 0.3) is 0 Å². The van der Waals surface area contributed by atoms with Gasteiger partial charge in [0, 0.05) is 17.2 Å².